The van der Waals surface area contributed by atoms with Gasteiger partial charge in [-0.3, -0.25) is 0 Å². The van der Waals surface area contributed by atoms with Gasteiger partial charge in [0, 0.05) is 22.8 Å². The molecule has 22 heavy (non-hydrogen) atoms. The lowest BCUT2D eigenvalue weighted by molar-refractivity contribution is 0.405. The number of hydrogen-bond donors (Lipinski definition) is 2. The molecule has 0 aromatic heterocycles. The van der Waals surface area contributed by atoms with Crippen molar-refractivity contribution in [3.05, 3.63) is 46.4 Å². The molecule has 2 N–H and O–H groups in total. The lowest BCUT2D eigenvalue weighted by atomic mass is 10.2. The zero-order chi connectivity index (χ0) is 16.1. The standard InChI is InChI=1S/C15H14Cl2N2O2S/c1-20-13-8-12(14(21-2)7-11(13)17)19-15(22)18-10-5-3-4-9(16)6-10/h3-8H,1-2H3,(H2,18,19,22). The minimum atomic E-state index is 0.393. The van der Waals surface area contributed by atoms with E-state index >= 15 is 0 Å². The van der Waals surface area contributed by atoms with Crippen molar-refractivity contribution in [1.82, 2.24) is 0 Å². The Balaban J connectivity index is 2.17. The molecule has 0 aliphatic heterocycles. The normalized spacial score (nSPS) is 10.0. The monoisotopic (exact) mass is 356 g/mol. The second kappa shape index (κ2) is 7.54. The summed E-state index contributed by atoms with van der Waals surface area (Å²) in [6, 6.07) is 10.6. The van der Waals surface area contributed by atoms with Crippen molar-refractivity contribution < 1.29 is 9.47 Å². The zero-order valence-electron chi connectivity index (χ0n) is 11.9. The van der Waals surface area contributed by atoms with E-state index in [0.717, 1.165) is 5.69 Å². The SMILES string of the molecule is COc1cc(NC(=S)Nc2cccc(Cl)c2)c(OC)cc1Cl. The molecule has 0 radical (unpaired) electrons. The van der Waals surface area contributed by atoms with E-state index in [1.54, 1.807) is 38.5 Å². The highest BCUT2D eigenvalue weighted by Crippen LogP contribution is 2.35. The molecule has 2 aromatic rings. The lowest BCUT2D eigenvalue weighted by Crippen LogP contribution is -2.19. The van der Waals surface area contributed by atoms with Crippen LogP contribution in [-0.2, 0) is 0 Å². The van der Waals surface area contributed by atoms with Crippen LogP contribution < -0.4 is 20.1 Å². The van der Waals surface area contributed by atoms with Crippen LogP contribution in [0.5, 0.6) is 11.5 Å². The quantitative estimate of drug-likeness (QED) is 0.768. The number of rotatable bonds is 4. The number of ether oxygens (including phenoxy) is 2. The Morgan fingerprint density at radius 1 is 1.00 bits per heavy atom. The van der Waals surface area contributed by atoms with E-state index < -0.39 is 0 Å². The molecule has 0 heterocycles. The first-order valence-electron chi connectivity index (χ1n) is 6.28. The van der Waals surface area contributed by atoms with Crippen LogP contribution in [-0.4, -0.2) is 19.3 Å². The van der Waals surface area contributed by atoms with Crippen molar-refractivity contribution in [3.8, 4) is 11.5 Å². The molecule has 0 saturated carbocycles. The summed E-state index contributed by atoms with van der Waals surface area (Å²) in [6.07, 6.45) is 0. The van der Waals surface area contributed by atoms with Gasteiger partial charge in [-0.05, 0) is 30.4 Å². The van der Waals surface area contributed by atoms with Crippen LogP contribution in [0.3, 0.4) is 0 Å². The Labute approximate surface area is 144 Å². The minimum Gasteiger partial charge on any atom is -0.495 e. The third-order valence-electron chi connectivity index (χ3n) is 2.80. The van der Waals surface area contributed by atoms with Gasteiger partial charge in [-0.15, -0.1) is 0 Å². The van der Waals surface area contributed by atoms with Crippen molar-refractivity contribution in [1.29, 1.82) is 0 Å². The number of nitrogens with one attached hydrogen (secondary N) is 2. The third kappa shape index (κ3) is 4.16. The van der Waals surface area contributed by atoms with Gasteiger partial charge < -0.3 is 20.1 Å². The molecule has 0 fully saturated rings. The molecule has 0 amide bonds. The van der Waals surface area contributed by atoms with Crippen LogP contribution in [0.1, 0.15) is 0 Å². The molecule has 0 atom stereocenters. The number of thiocarbonyl (C=S) groups is 1. The minimum absolute atomic E-state index is 0.393. The summed E-state index contributed by atoms with van der Waals surface area (Å²) in [5, 5.41) is 7.56. The number of benzene rings is 2. The van der Waals surface area contributed by atoms with Crippen LogP contribution in [0.15, 0.2) is 36.4 Å². The first-order valence-corrected chi connectivity index (χ1v) is 7.45. The van der Waals surface area contributed by atoms with Crippen molar-refractivity contribution in [2.24, 2.45) is 0 Å². The van der Waals surface area contributed by atoms with Crippen LogP contribution in [0.2, 0.25) is 10.0 Å². The molecule has 7 heteroatoms. The Kier molecular flexibility index (Phi) is 5.71. The van der Waals surface area contributed by atoms with Gasteiger partial charge in [0.25, 0.3) is 0 Å². The number of halogens is 2. The summed E-state index contributed by atoms with van der Waals surface area (Å²) in [5.74, 6) is 1.08. The summed E-state index contributed by atoms with van der Waals surface area (Å²) in [6.45, 7) is 0. The lowest BCUT2D eigenvalue weighted by Gasteiger charge is -2.15. The maximum Gasteiger partial charge on any atom is 0.175 e. The van der Waals surface area contributed by atoms with E-state index in [9.17, 15) is 0 Å². The third-order valence-corrected chi connectivity index (χ3v) is 3.54. The fraction of sp³-hybridized carbons (Fsp3) is 0.133. The zero-order valence-corrected chi connectivity index (χ0v) is 14.3. The highest BCUT2D eigenvalue weighted by molar-refractivity contribution is 7.80. The predicted octanol–water partition coefficient (Wildman–Crippen LogP) is 4.82. The number of anilines is 2. The van der Waals surface area contributed by atoms with Crippen molar-refractivity contribution in [2.45, 2.75) is 0 Å². The Morgan fingerprint density at radius 2 is 1.73 bits per heavy atom. The highest BCUT2D eigenvalue weighted by Gasteiger charge is 2.11. The summed E-state index contributed by atoms with van der Waals surface area (Å²) < 4.78 is 10.5. The average molecular weight is 357 g/mol. The van der Waals surface area contributed by atoms with Gasteiger partial charge in [0.15, 0.2) is 5.11 Å². The molecule has 0 bridgehead atoms. The van der Waals surface area contributed by atoms with E-state index in [4.69, 9.17) is 44.9 Å². The van der Waals surface area contributed by atoms with E-state index in [-0.39, 0.29) is 0 Å². The Morgan fingerprint density at radius 3 is 2.36 bits per heavy atom. The topological polar surface area (TPSA) is 42.5 Å². The highest BCUT2D eigenvalue weighted by atomic mass is 35.5. The summed E-state index contributed by atoms with van der Waals surface area (Å²) in [7, 11) is 3.09. The second-order valence-electron chi connectivity index (χ2n) is 4.28. The van der Waals surface area contributed by atoms with Gasteiger partial charge in [-0.1, -0.05) is 29.3 Å². The van der Waals surface area contributed by atoms with Crippen LogP contribution in [0.25, 0.3) is 0 Å². The van der Waals surface area contributed by atoms with E-state index in [2.05, 4.69) is 10.6 Å². The molecule has 2 rings (SSSR count). The summed E-state index contributed by atoms with van der Waals surface area (Å²) >= 11 is 17.3. The maximum atomic E-state index is 6.07. The molecule has 0 aliphatic rings. The molecule has 0 spiro atoms. The average Bonchev–Trinajstić information content (AvgIpc) is 2.48. The second-order valence-corrected chi connectivity index (χ2v) is 5.53. The molecule has 0 saturated heterocycles. The van der Waals surface area contributed by atoms with Gasteiger partial charge in [-0.2, -0.15) is 0 Å². The molecule has 116 valence electrons. The predicted molar refractivity (Wildman–Crippen MR) is 95.9 cm³/mol. The Bertz CT molecular complexity index is 695. The van der Waals surface area contributed by atoms with Gasteiger partial charge in [0.05, 0.1) is 24.9 Å². The maximum absolute atomic E-state index is 6.07. The van der Waals surface area contributed by atoms with E-state index in [1.165, 1.54) is 0 Å². The first-order chi connectivity index (χ1) is 10.5. The van der Waals surface area contributed by atoms with Crippen molar-refractivity contribution in [3.63, 3.8) is 0 Å². The van der Waals surface area contributed by atoms with Gasteiger partial charge in [0.2, 0.25) is 0 Å². The van der Waals surface area contributed by atoms with Gasteiger partial charge in [0.1, 0.15) is 11.5 Å². The van der Waals surface area contributed by atoms with Crippen LogP contribution >= 0.6 is 35.4 Å². The fourth-order valence-corrected chi connectivity index (χ4v) is 2.46. The molecular formula is C15H14Cl2N2O2S. The summed E-state index contributed by atoms with van der Waals surface area (Å²) in [4.78, 5) is 0. The first kappa shape index (κ1) is 16.7. The van der Waals surface area contributed by atoms with Gasteiger partial charge in [-0.25, -0.2) is 0 Å². The van der Waals surface area contributed by atoms with Gasteiger partial charge >= 0.3 is 0 Å². The van der Waals surface area contributed by atoms with E-state index in [0.29, 0.717) is 32.3 Å². The van der Waals surface area contributed by atoms with E-state index in [1.807, 2.05) is 12.1 Å². The largest absolute Gasteiger partial charge is 0.495 e. The molecule has 2 aromatic carbocycles. The van der Waals surface area contributed by atoms with Crippen LogP contribution in [0.4, 0.5) is 11.4 Å². The van der Waals surface area contributed by atoms with Crippen molar-refractivity contribution in [2.75, 3.05) is 24.9 Å². The molecular weight excluding hydrogens is 343 g/mol. The van der Waals surface area contributed by atoms with Crippen molar-refractivity contribution >= 4 is 51.9 Å². The molecule has 0 unspecified atom stereocenters. The Hall–Kier alpha value is -1.69. The smallest absolute Gasteiger partial charge is 0.175 e. The van der Waals surface area contributed by atoms with Crippen LogP contribution in [0, 0.1) is 0 Å². The number of methoxy groups -OCH3 is 2. The number of hydrogen-bond acceptors (Lipinski definition) is 3. The fourth-order valence-electron chi connectivity index (χ4n) is 1.81. The summed E-state index contributed by atoms with van der Waals surface area (Å²) in [5.41, 5.74) is 1.42. The molecule has 4 nitrogen and oxygen atoms in total. The molecule has 0 aliphatic carbocycles.